The highest BCUT2D eigenvalue weighted by atomic mass is 19.1. The van der Waals surface area contributed by atoms with Gasteiger partial charge in [-0.25, -0.2) is 4.39 Å². The number of hydrogen-bond donors (Lipinski definition) is 0. The zero-order valence-corrected chi connectivity index (χ0v) is 16.7. The highest BCUT2D eigenvalue weighted by Gasteiger charge is 2.49. The maximum Gasteiger partial charge on any atom is 0.219 e. The smallest absolute Gasteiger partial charge is 0.219 e. The Hall–Kier alpha value is -3.03. The van der Waals surface area contributed by atoms with Gasteiger partial charge < -0.3 is 9.80 Å². The average molecular weight is 394 g/mol. The lowest BCUT2D eigenvalue weighted by atomic mass is 9.89. The number of anilines is 1. The minimum Gasteiger partial charge on any atom is -0.367 e. The summed E-state index contributed by atoms with van der Waals surface area (Å²) >= 11 is 0. The lowest BCUT2D eigenvalue weighted by Crippen LogP contribution is -2.34. The van der Waals surface area contributed by atoms with Crippen LogP contribution in [-0.2, 0) is 4.79 Å². The monoisotopic (exact) mass is 394 g/mol. The number of likely N-dealkylation sites (tertiary alicyclic amines) is 1. The first-order valence-corrected chi connectivity index (χ1v) is 9.89. The minimum absolute atomic E-state index is 0.0380. The number of aromatic nitrogens is 4. The molecule has 2 fully saturated rings. The van der Waals surface area contributed by atoms with Gasteiger partial charge >= 0.3 is 0 Å². The van der Waals surface area contributed by atoms with Crippen LogP contribution in [-0.4, -0.2) is 50.3 Å². The zero-order chi connectivity index (χ0) is 20.3. The summed E-state index contributed by atoms with van der Waals surface area (Å²) in [4.78, 5) is 16.6. The van der Waals surface area contributed by atoms with Crippen LogP contribution in [0.3, 0.4) is 0 Å². The molecule has 150 valence electrons. The third-order valence-corrected chi connectivity index (χ3v) is 6.47. The average Bonchev–Trinajstić information content (AvgIpc) is 3.36. The number of benzene rings is 1. The molecule has 29 heavy (non-hydrogen) atoms. The summed E-state index contributed by atoms with van der Waals surface area (Å²) in [5.74, 6) is 0.325. The van der Waals surface area contributed by atoms with Crippen molar-refractivity contribution in [3.05, 3.63) is 53.2 Å². The third-order valence-electron chi connectivity index (χ3n) is 6.47. The van der Waals surface area contributed by atoms with Crippen molar-refractivity contribution in [1.82, 2.24) is 24.7 Å². The Morgan fingerprint density at radius 2 is 2.03 bits per heavy atom. The van der Waals surface area contributed by atoms with E-state index in [1.165, 1.54) is 6.07 Å². The van der Waals surface area contributed by atoms with E-state index in [4.69, 9.17) is 0 Å². The van der Waals surface area contributed by atoms with Gasteiger partial charge in [-0.05, 0) is 37.1 Å². The molecule has 8 heteroatoms. The largest absolute Gasteiger partial charge is 0.367 e. The Morgan fingerprint density at radius 3 is 2.79 bits per heavy atom. The van der Waals surface area contributed by atoms with Gasteiger partial charge in [0.15, 0.2) is 0 Å². The van der Waals surface area contributed by atoms with Crippen LogP contribution in [0.5, 0.6) is 0 Å². The van der Waals surface area contributed by atoms with Crippen LogP contribution in [0.2, 0.25) is 0 Å². The molecule has 2 aromatic heterocycles. The van der Waals surface area contributed by atoms with Crippen LogP contribution < -0.4 is 4.90 Å². The van der Waals surface area contributed by atoms with Crippen LogP contribution >= 0.6 is 0 Å². The molecule has 0 bridgehead atoms. The summed E-state index contributed by atoms with van der Waals surface area (Å²) in [5, 5.41) is 12.8. The number of aryl methyl sites for hydroxylation is 1. The van der Waals surface area contributed by atoms with Crippen LogP contribution in [0, 0.1) is 31.5 Å². The SMILES string of the molecule is CC(=O)N1C[C@H]2CN(c3c(C)c(C)nn4cnnc34)C[C@H]2[C@H]1c1cccc(F)c1. The van der Waals surface area contributed by atoms with Gasteiger partial charge in [0.2, 0.25) is 11.6 Å². The first kappa shape index (κ1) is 18.0. The van der Waals surface area contributed by atoms with Crippen molar-refractivity contribution in [1.29, 1.82) is 0 Å². The molecule has 0 unspecified atom stereocenters. The number of halogens is 1. The van der Waals surface area contributed by atoms with Gasteiger partial charge in [0, 0.05) is 38.4 Å². The Balaban J connectivity index is 1.54. The van der Waals surface area contributed by atoms with Gasteiger partial charge in [-0.2, -0.15) is 9.61 Å². The summed E-state index contributed by atoms with van der Waals surface area (Å²) in [7, 11) is 0. The van der Waals surface area contributed by atoms with E-state index in [1.54, 1.807) is 29.9 Å². The molecular formula is C21H23FN6O. The van der Waals surface area contributed by atoms with Gasteiger partial charge in [0.25, 0.3) is 0 Å². The molecule has 0 aliphatic carbocycles. The van der Waals surface area contributed by atoms with E-state index >= 15 is 0 Å². The lowest BCUT2D eigenvalue weighted by Gasteiger charge is -2.30. The molecule has 1 aromatic carbocycles. The summed E-state index contributed by atoms with van der Waals surface area (Å²) in [5.41, 5.74) is 4.70. The maximum absolute atomic E-state index is 13.9. The van der Waals surface area contributed by atoms with Crippen molar-refractivity contribution in [3.63, 3.8) is 0 Å². The summed E-state index contributed by atoms with van der Waals surface area (Å²) in [6.45, 7) is 7.94. The third kappa shape index (κ3) is 2.77. The van der Waals surface area contributed by atoms with Crippen molar-refractivity contribution >= 4 is 17.2 Å². The summed E-state index contributed by atoms with van der Waals surface area (Å²) in [6.07, 6.45) is 1.62. The number of carbonyl (C=O) groups excluding carboxylic acids is 1. The normalized spacial score (nSPS) is 23.8. The second-order valence-electron chi connectivity index (χ2n) is 8.16. The molecule has 2 aliphatic heterocycles. The fraction of sp³-hybridized carbons (Fsp3) is 0.429. The Labute approximate surface area is 168 Å². The van der Waals surface area contributed by atoms with Gasteiger partial charge in [-0.3, -0.25) is 4.79 Å². The second kappa shape index (κ2) is 6.50. The molecule has 3 aromatic rings. The molecule has 1 amide bonds. The lowest BCUT2D eigenvalue weighted by molar-refractivity contribution is -0.130. The van der Waals surface area contributed by atoms with E-state index in [0.29, 0.717) is 12.5 Å². The van der Waals surface area contributed by atoms with Gasteiger partial charge in [0.1, 0.15) is 12.1 Å². The van der Waals surface area contributed by atoms with Gasteiger partial charge in [-0.15, -0.1) is 10.2 Å². The molecular weight excluding hydrogens is 371 g/mol. The van der Waals surface area contributed by atoms with Crippen LogP contribution in [0.15, 0.2) is 30.6 Å². The Morgan fingerprint density at radius 1 is 1.21 bits per heavy atom. The first-order valence-electron chi connectivity index (χ1n) is 9.89. The molecule has 2 aliphatic rings. The van der Waals surface area contributed by atoms with E-state index < -0.39 is 0 Å². The van der Waals surface area contributed by atoms with E-state index in [9.17, 15) is 9.18 Å². The maximum atomic E-state index is 13.9. The Bertz CT molecular complexity index is 1110. The number of amides is 1. The number of hydrogen-bond acceptors (Lipinski definition) is 5. The van der Waals surface area contributed by atoms with Gasteiger partial charge in [-0.1, -0.05) is 12.1 Å². The van der Waals surface area contributed by atoms with E-state index in [-0.39, 0.29) is 23.7 Å². The molecule has 2 saturated heterocycles. The number of nitrogens with zero attached hydrogens (tertiary/aromatic N) is 6. The summed E-state index contributed by atoms with van der Waals surface area (Å²) in [6, 6.07) is 6.53. The highest BCUT2D eigenvalue weighted by molar-refractivity contribution is 5.75. The topological polar surface area (TPSA) is 66.6 Å². The Kier molecular flexibility index (Phi) is 4.04. The molecule has 7 nitrogen and oxygen atoms in total. The molecule has 3 atom stereocenters. The van der Waals surface area contributed by atoms with Crippen molar-refractivity contribution < 1.29 is 9.18 Å². The predicted molar refractivity (Wildman–Crippen MR) is 106 cm³/mol. The zero-order valence-electron chi connectivity index (χ0n) is 16.7. The van der Waals surface area contributed by atoms with Crippen molar-refractivity contribution in [3.8, 4) is 0 Å². The highest BCUT2D eigenvalue weighted by Crippen LogP contribution is 2.47. The molecule has 5 rings (SSSR count). The quantitative estimate of drug-likeness (QED) is 0.668. The van der Waals surface area contributed by atoms with E-state index in [0.717, 1.165) is 41.2 Å². The molecule has 4 heterocycles. The number of rotatable bonds is 2. The number of carbonyl (C=O) groups is 1. The second-order valence-corrected chi connectivity index (χ2v) is 8.16. The first-order chi connectivity index (χ1) is 13.9. The fourth-order valence-electron chi connectivity index (χ4n) is 5.08. The van der Waals surface area contributed by atoms with E-state index in [2.05, 4.69) is 27.1 Å². The predicted octanol–water partition coefficient (Wildman–Crippen LogP) is 2.54. The molecule has 0 spiro atoms. The van der Waals surface area contributed by atoms with Crippen LogP contribution in [0.1, 0.15) is 29.8 Å². The standard InChI is InChI=1S/C21H23FN6O/c1-12-13(2)25-28-11-23-24-21(28)19(12)26-8-16-9-27(14(3)29)20(18(16)10-26)15-5-4-6-17(22)7-15/h4-7,11,16,18,20H,8-10H2,1-3H3/t16-,18-,20-/m1/s1. The molecule has 0 saturated carbocycles. The fourth-order valence-corrected chi connectivity index (χ4v) is 5.08. The number of fused-ring (bicyclic) bond motifs is 2. The minimum atomic E-state index is -0.268. The summed E-state index contributed by atoms with van der Waals surface area (Å²) < 4.78 is 15.7. The van der Waals surface area contributed by atoms with E-state index in [1.807, 2.05) is 17.9 Å². The molecule has 0 N–H and O–H groups in total. The van der Waals surface area contributed by atoms with Crippen LogP contribution in [0.4, 0.5) is 10.1 Å². The molecule has 0 radical (unpaired) electrons. The van der Waals surface area contributed by atoms with Crippen molar-refractivity contribution in [2.75, 3.05) is 24.5 Å². The van der Waals surface area contributed by atoms with Gasteiger partial charge in [0.05, 0.1) is 17.4 Å². The van der Waals surface area contributed by atoms with Crippen molar-refractivity contribution in [2.45, 2.75) is 26.8 Å². The van der Waals surface area contributed by atoms with Crippen molar-refractivity contribution in [2.24, 2.45) is 11.8 Å². The van der Waals surface area contributed by atoms with Crippen LogP contribution in [0.25, 0.3) is 5.65 Å².